The standard InChI is InChI=1S/C15H21NO/c1-17-15(7-8-15)14-4-2-3-13(11-14)12-5-9-16-10-6-12/h2-4,11-12,16H,5-10H2,1H3. The highest BCUT2D eigenvalue weighted by Crippen LogP contribution is 2.49. The van der Waals surface area contributed by atoms with Crippen LogP contribution in [0.5, 0.6) is 0 Å². The van der Waals surface area contributed by atoms with E-state index in [4.69, 9.17) is 4.74 Å². The van der Waals surface area contributed by atoms with Crippen LogP contribution in [0.25, 0.3) is 0 Å². The number of rotatable bonds is 3. The summed E-state index contributed by atoms with van der Waals surface area (Å²) in [5.41, 5.74) is 2.95. The van der Waals surface area contributed by atoms with Gasteiger partial charge < -0.3 is 10.1 Å². The second-order valence-electron chi connectivity index (χ2n) is 5.35. The molecule has 1 aromatic carbocycles. The lowest BCUT2D eigenvalue weighted by molar-refractivity contribution is 0.0788. The molecule has 17 heavy (non-hydrogen) atoms. The van der Waals surface area contributed by atoms with Gasteiger partial charge in [-0.05, 0) is 55.8 Å². The highest BCUT2D eigenvalue weighted by Gasteiger charge is 2.44. The van der Waals surface area contributed by atoms with Gasteiger partial charge in [0.1, 0.15) is 0 Å². The van der Waals surface area contributed by atoms with Gasteiger partial charge in [0.15, 0.2) is 0 Å². The summed E-state index contributed by atoms with van der Waals surface area (Å²) in [5.74, 6) is 0.740. The molecule has 1 aliphatic carbocycles. The summed E-state index contributed by atoms with van der Waals surface area (Å²) in [4.78, 5) is 0. The Labute approximate surface area is 103 Å². The molecule has 0 spiro atoms. The van der Waals surface area contributed by atoms with Gasteiger partial charge in [0.25, 0.3) is 0 Å². The fraction of sp³-hybridized carbons (Fsp3) is 0.600. The maximum Gasteiger partial charge on any atom is 0.0930 e. The average Bonchev–Trinajstić information content (AvgIpc) is 3.21. The van der Waals surface area contributed by atoms with Crippen molar-refractivity contribution in [2.75, 3.05) is 20.2 Å². The predicted molar refractivity (Wildman–Crippen MR) is 69.2 cm³/mol. The Hall–Kier alpha value is -0.860. The number of benzene rings is 1. The van der Waals surface area contributed by atoms with E-state index in [0.717, 1.165) is 19.0 Å². The zero-order valence-corrected chi connectivity index (χ0v) is 10.5. The van der Waals surface area contributed by atoms with E-state index in [9.17, 15) is 0 Å². The molecule has 0 radical (unpaired) electrons. The molecule has 1 aromatic rings. The van der Waals surface area contributed by atoms with Gasteiger partial charge in [-0.25, -0.2) is 0 Å². The second-order valence-corrected chi connectivity index (χ2v) is 5.35. The van der Waals surface area contributed by atoms with E-state index in [2.05, 4.69) is 29.6 Å². The van der Waals surface area contributed by atoms with Crippen LogP contribution in [0.1, 0.15) is 42.7 Å². The van der Waals surface area contributed by atoms with Crippen LogP contribution in [0.2, 0.25) is 0 Å². The van der Waals surface area contributed by atoms with E-state index in [1.807, 2.05) is 7.11 Å². The normalized spacial score (nSPS) is 23.6. The average molecular weight is 231 g/mol. The third-order valence-electron chi connectivity index (χ3n) is 4.32. The number of nitrogens with one attached hydrogen (secondary N) is 1. The van der Waals surface area contributed by atoms with E-state index in [1.54, 1.807) is 0 Å². The number of piperidine rings is 1. The van der Waals surface area contributed by atoms with Crippen LogP contribution in [0.4, 0.5) is 0 Å². The van der Waals surface area contributed by atoms with Gasteiger partial charge in [-0.2, -0.15) is 0 Å². The van der Waals surface area contributed by atoms with E-state index < -0.39 is 0 Å². The Bertz CT molecular complexity index is 392. The maximum atomic E-state index is 5.66. The van der Waals surface area contributed by atoms with Gasteiger partial charge in [-0.1, -0.05) is 24.3 Å². The molecule has 0 aromatic heterocycles. The highest BCUT2D eigenvalue weighted by atomic mass is 16.5. The topological polar surface area (TPSA) is 21.3 Å². The molecule has 3 rings (SSSR count). The summed E-state index contributed by atoms with van der Waals surface area (Å²) in [6.07, 6.45) is 4.89. The van der Waals surface area contributed by atoms with Crippen LogP contribution in [-0.4, -0.2) is 20.2 Å². The third kappa shape index (κ3) is 2.12. The van der Waals surface area contributed by atoms with E-state index in [1.165, 1.54) is 36.8 Å². The number of hydrogen-bond donors (Lipinski definition) is 1. The summed E-state index contributed by atoms with van der Waals surface area (Å²) in [7, 11) is 1.84. The molecule has 1 aliphatic heterocycles. The highest BCUT2D eigenvalue weighted by molar-refractivity contribution is 5.34. The molecule has 1 N–H and O–H groups in total. The maximum absolute atomic E-state index is 5.66. The molecule has 2 nitrogen and oxygen atoms in total. The Kier molecular flexibility index (Phi) is 2.93. The van der Waals surface area contributed by atoms with Gasteiger partial charge in [0, 0.05) is 7.11 Å². The lowest BCUT2D eigenvalue weighted by Crippen LogP contribution is -2.26. The van der Waals surface area contributed by atoms with E-state index in [0.29, 0.717) is 0 Å². The van der Waals surface area contributed by atoms with Gasteiger partial charge in [-0.15, -0.1) is 0 Å². The minimum Gasteiger partial charge on any atom is -0.374 e. The molecule has 92 valence electrons. The van der Waals surface area contributed by atoms with Crippen LogP contribution in [-0.2, 0) is 10.3 Å². The molecule has 2 aliphatic rings. The monoisotopic (exact) mass is 231 g/mol. The van der Waals surface area contributed by atoms with Gasteiger partial charge in [-0.3, -0.25) is 0 Å². The SMILES string of the molecule is COC1(c2cccc(C3CCNCC3)c2)CC1. The smallest absolute Gasteiger partial charge is 0.0930 e. The number of methoxy groups -OCH3 is 1. The lowest BCUT2D eigenvalue weighted by atomic mass is 9.88. The van der Waals surface area contributed by atoms with Gasteiger partial charge in [0.2, 0.25) is 0 Å². The van der Waals surface area contributed by atoms with Gasteiger partial charge in [0.05, 0.1) is 5.60 Å². The Morgan fingerprint density at radius 3 is 2.65 bits per heavy atom. The fourth-order valence-corrected chi connectivity index (χ4v) is 2.96. The molecule has 1 saturated heterocycles. The molecule has 0 atom stereocenters. The number of hydrogen-bond acceptors (Lipinski definition) is 2. The second kappa shape index (κ2) is 4.43. The first-order chi connectivity index (χ1) is 8.34. The summed E-state index contributed by atoms with van der Waals surface area (Å²) in [6, 6.07) is 9.09. The van der Waals surface area contributed by atoms with Gasteiger partial charge >= 0.3 is 0 Å². The van der Waals surface area contributed by atoms with E-state index >= 15 is 0 Å². The molecule has 0 unspecified atom stereocenters. The van der Waals surface area contributed by atoms with Crippen molar-refractivity contribution in [2.24, 2.45) is 0 Å². The van der Waals surface area contributed by atoms with Crippen LogP contribution < -0.4 is 5.32 Å². The van der Waals surface area contributed by atoms with Crippen LogP contribution >= 0.6 is 0 Å². The van der Waals surface area contributed by atoms with Crippen molar-refractivity contribution in [3.8, 4) is 0 Å². The first-order valence-electron chi connectivity index (χ1n) is 6.70. The quantitative estimate of drug-likeness (QED) is 0.863. The molecule has 0 amide bonds. The Morgan fingerprint density at radius 2 is 2.00 bits per heavy atom. The lowest BCUT2D eigenvalue weighted by Gasteiger charge is -2.24. The molecular weight excluding hydrogens is 210 g/mol. The summed E-state index contributed by atoms with van der Waals surface area (Å²) in [5, 5.41) is 3.43. The predicted octanol–water partition coefficient (Wildman–Crippen LogP) is 2.79. The van der Waals surface area contributed by atoms with Crippen molar-refractivity contribution in [1.29, 1.82) is 0 Å². The minimum atomic E-state index is 0.0585. The molecule has 2 fully saturated rings. The van der Waals surface area contributed by atoms with Crippen molar-refractivity contribution < 1.29 is 4.74 Å². The molecule has 0 bridgehead atoms. The van der Waals surface area contributed by atoms with Crippen molar-refractivity contribution in [1.82, 2.24) is 5.32 Å². The van der Waals surface area contributed by atoms with Crippen molar-refractivity contribution >= 4 is 0 Å². The van der Waals surface area contributed by atoms with Crippen LogP contribution in [0, 0.1) is 0 Å². The van der Waals surface area contributed by atoms with Crippen molar-refractivity contribution in [2.45, 2.75) is 37.2 Å². The summed E-state index contributed by atoms with van der Waals surface area (Å²) >= 11 is 0. The molecule has 2 heteroatoms. The van der Waals surface area contributed by atoms with Crippen molar-refractivity contribution in [3.05, 3.63) is 35.4 Å². The fourth-order valence-electron chi connectivity index (χ4n) is 2.96. The summed E-state index contributed by atoms with van der Waals surface area (Å²) < 4.78 is 5.66. The first kappa shape index (κ1) is 11.2. The molecular formula is C15H21NO. The summed E-state index contributed by atoms with van der Waals surface area (Å²) in [6.45, 7) is 2.31. The van der Waals surface area contributed by atoms with Crippen LogP contribution in [0.3, 0.4) is 0 Å². The Morgan fingerprint density at radius 1 is 1.24 bits per heavy atom. The Balaban J connectivity index is 1.83. The molecule has 1 saturated carbocycles. The third-order valence-corrected chi connectivity index (χ3v) is 4.32. The van der Waals surface area contributed by atoms with E-state index in [-0.39, 0.29) is 5.60 Å². The number of ether oxygens (including phenoxy) is 1. The first-order valence-corrected chi connectivity index (χ1v) is 6.70. The zero-order chi connectivity index (χ0) is 11.7. The van der Waals surface area contributed by atoms with Crippen molar-refractivity contribution in [3.63, 3.8) is 0 Å². The molecule has 1 heterocycles. The van der Waals surface area contributed by atoms with Crippen LogP contribution in [0.15, 0.2) is 24.3 Å². The zero-order valence-electron chi connectivity index (χ0n) is 10.5. The minimum absolute atomic E-state index is 0.0585. The largest absolute Gasteiger partial charge is 0.374 e.